The van der Waals surface area contributed by atoms with E-state index in [0.717, 1.165) is 37.5 Å². The van der Waals surface area contributed by atoms with Crippen molar-refractivity contribution in [2.45, 2.75) is 45.6 Å². The van der Waals surface area contributed by atoms with Crippen molar-refractivity contribution in [2.75, 3.05) is 13.2 Å². The minimum atomic E-state index is -1.67. The average molecular weight is 301 g/mol. The van der Waals surface area contributed by atoms with Gasteiger partial charge < -0.3 is 8.85 Å². The van der Waals surface area contributed by atoms with Crippen LogP contribution in [0.2, 0.25) is 5.02 Å². The Morgan fingerprint density at radius 3 is 1.95 bits per heavy atom. The summed E-state index contributed by atoms with van der Waals surface area (Å²) in [7, 11) is -1.67. The molecule has 0 aliphatic heterocycles. The van der Waals surface area contributed by atoms with Crippen molar-refractivity contribution in [1.29, 1.82) is 0 Å². The van der Waals surface area contributed by atoms with Gasteiger partial charge in [0.2, 0.25) is 0 Å². The first-order valence-corrected chi connectivity index (χ1v) is 9.20. The topological polar surface area (TPSA) is 18.5 Å². The number of benzene rings is 1. The molecule has 0 saturated heterocycles. The molecule has 1 atom stereocenters. The molecule has 0 saturated carbocycles. The Labute approximate surface area is 123 Å². The van der Waals surface area contributed by atoms with Crippen molar-refractivity contribution in [1.82, 2.24) is 0 Å². The van der Waals surface area contributed by atoms with Crippen molar-refractivity contribution < 1.29 is 8.85 Å². The molecule has 1 aromatic rings. The van der Waals surface area contributed by atoms with Crippen LogP contribution in [0, 0.1) is 0 Å². The van der Waals surface area contributed by atoms with Crippen molar-refractivity contribution in [3.8, 4) is 0 Å². The molecule has 1 rings (SSSR count). The van der Waals surface area contributed by atoms with Gasteiger partial charge in [-0.05, 0) is 37.0 Å². The van der Waals surface area contributed by atoms with E-state index < -0.39 is 9.28 Å². The third-order valence-corrected chi connectivity index (χ3v) is 5.93. The van der Waals surface area contributed by atoms with Gasteiger partial charge in [0.25, 0.3) is 0 Å². The van der Waals surface area contributed by atoms with Gasteiger partial charge in [0.1, 0.15) is 0 Å². The molecule has 0 aliphatic rings. The van der Waals surface area contributed by atoms with E-state index >= 15 is 0 Å². The zero-order valence-electron chi connectivity index (χ0n) is 12.2. The maximum atomic E-state index is 6.01. The lowest BCUT2D eigenvalue weighted by molar-refractivity contribution is 0.187. The molecule has 0 aliphatic carbocycles. The second kappa shape index (κ2) is 9.53. The first-order chi connectivity index (χ1) is 9.22. The Hall–Kier alpha value is -0.353. The fourth-order valence-electron chi connectivity index (χ4n) is 2.04. The normalized spacial score (nSPS) is 12.9. The van der Waals surface area contributed by atoms with Gasteiger partial charge in [-0.15, -0.1) is 0 Å². The standard InChI is InChI=1S/C15H25ClO2Si/c1-4-11-17-19(18-12-5-2)15(6-3)13-7-9-14(16)10-8-13/h7-10,15,19H,4-6,11-12H2,1-3H3. The molecule has 0 aromatic heterocycles. The van der Waals surface area contributed by atoms with Gasteiger partial charge in [0, 0.05) is 23.8 Å². The third-order valence-electron chi connectivity index (χ3n) is 3.04. The third kappa shape index (κ3) is 5.65. The van der Waals surface area contributed by atoms with Crippen molar-refractivity contribution in [3.05, 3.63) is 34.9 Å². The zero-order valence-corrected chi connectivity index (χ0v) is 14.1. The molecule has 19 heavy (non-hydrogen) atoms. The first-order valence-electron chi connectivity index (χ1n) is 7.21. The van der Waals surface area contributed by atoms with E-state index in [1.807, 2.05) is 12.1 Å². The molecule has 0 radical (unpaired) electrons. The summed E-state index contributed by atoms with van der Waals surface area (Å²) >= 11 is 5.96. The van der Waals surface area contributed by atoms with Crippen LogP contribution in [-0.4, -0.2) is 22.5 Å². The number of hydrogen-bond donors (Lipinski definition) is 0. The second-order valence-corrected chi connectivity index (χ2v) is 7.32. The maximum absolute atomic E-state index is 6.01. The average Bonchev–Trinajstić information content (AvgIpc) is 2.43. The van der Waals surface area contributed by atoms with Crippen LogP contribution in [0.5, 0.6) is 0 Å². The Morgan fingerprint density at radius 1 is 1.00 bits per heavy atom. The van der Waals surface area contributed by atoms with E-state index in [4.69, 9.17) is 20.5 Å². The van der Waals surface area contributed by atoms with Gasteiger partial charge in [-0.25, -0.2) is 0 Å². The SMILES string of the molecule is CCCO[SiH](OCCC)C(CC)c1ccc(Cl)cc1. The van der Waals surface area contributed by atoms with Gasteiger partial charge in [-0.3, -0.25) is 0 Å². The summed E-state index contributed by atoms with van der Waals surface area (Å²) in [6.07, 6.45) is 3.12. The highest BCUT2D eigenvalue weighted by molar-refractivity contribution is 6.46. The molecule has 108 valence electrons. The fraction of sp³-hybridized carbons (Fsp3) is 0.600. The van der Waals surface area contributed by atoms with Gasteiger partial charge in [0.05, 0.1) is 0 Å². The molecular weight excluding hydrogens is 276 g/mol. The monoisotopic (exact) mass is 300 g/mol. The minimum absolute atomic E-state index is 0.398. The van der Waals surface area contributed by atoms with Crippen LogP contribution in [0.1, 0.15) is 51.1 Å². The summed E-state index contributed by atoms with van der Waals surface area (Å²) in [6.45, 7) is 8.06. The maximum Gasteiger partial charge on any atom is 0.329 e. The molecule has 1 unspecified atom stereocenters. The van der Waals surface area contributed by atoms with Crippen LogP contribution < -0.4 is 0 Å². The Morgan fingerprint density at radius 2 is 1.53 bits per heavy atom. The van der Waals surface area contributed by atoms with Gasteiger partial charge in [-0.2, -0.15) is 0 Å². The summed E-state index contributed by atoms with van der Waals surface area (Å²) in [4.78, 5) is 0. The summed E-state index contributed by atoms with van der Waals surface area (Å²) in [5.74, 6) is 0. The van der Waals surface area contributed by atoms with E-state index in [9.17, 15) is 0 Å². The van der Waals surface area contributed by atoms with Gasteiger partial charge in [-0.1, -0.05) is 44.5 Å². The molecular formula is C15H25ClO2Si. The van der Waals surface area contributed by atoms with E-state index in [-0.39, 0.29) is 0 Å². The number of rotatable bonds is 9. The Balaban J connectivity index is 2.78. The van der Waals surface area contributed by atoms with E-state index in [0.29, 0.717) is 5.54 Å². The van der Waals surface area contributed by atoms with E-state index in [2.05, 4.69) is 32.9 Å². The summed E-state index contributed by atoms with van der Waals surface area (Å²) in [5.41, 5.74) is 1.69. The lowest BCUT2D eigenvalue weighted by Gasteiger charge is -2.25. The molecule has 2 nitrogen and oxygen atoms in total. The van der Waals surface area contributed by atoms with Gasteiger partial charge >= 0.3 is 9.28 Å². The molecule has 0 heterocycles. The summed E-state index contributed by atoms with van der Waals surface area (Å²) < 4.78 is 12.0. The van der Waals surface area contributed by atoms with Crippen LogP contribution in [0.15, 0.2) is 24.3 Å². The molecule has 0 amide bonds. The Kier molecular flexibility index (Phi) is 8.38. The Bertz CT molecular complexity index is 335. The van der Waals surface area contributed by atoms with Crippen molar-refractivity contribution in [3.63, 3.8) is 0 Å². The van der Waals surface area contributed by atoms with Gasteiger partial charge in [0.15, 0.2) is 0 Å². The lowest BCUT2D eigenvalue weighted by atomic mass is 10.1. The van der Waals surface area contributed by atoms with Crippen LogP contribution in [0.4, 0.5) is 0 Å². The van der Waals surface area contributed by atoms with Crippen molar-refractivity contribution >= 4 is 20.9 Å². The molecule has 0 spiro atoms. The summed E-state index contributed by atoms with van der Waals surface area (Å²) in [6, 6.07) is 8.09. The van der Waals surface area contributed by atoms with Crippen LogP contribution in [0.3, 0.4) is 0 Å². The quantitative estimate of drug-likeness (QED) is 0.627. The van der Waals surface area contributed by atoms with E-state index in [1.165, 1.54) is 5.56 Å². The second-order valence-electron chi connectivity index (χ2n) is 4.68. The molecule has 1 aromatic carbocycles. The first kappa shape index (κ1) is 16.7. The minimum Gasteiger partial charge on any atom is -0.396 e. The number of hydrogen-bond acceptors (Lipinski definition) is 2. The molecule has 4 heteroatoms. The summed E-state index contributed by atoms with van der Waals surface area (Å²) in [5, 5.41) is 0.778. The molecule has 0 fully saturated rings. The van der Waals surface area contributed by atoms with Crippen LogP contribution >= 0.6 is 11.6 Å². The van der Waals surface area contributed by atoms with E-state index in [1.54, 1.807) is 0 Å². The highest BCUT2D eigenvalue weighted by Gasteiger charge is 2.26. The molecule has 0 N–H and O–H groups in total. The van der Waals surface area contributed by atoms with Crippen molar-refractivity contribution in [2.24, 2.45) is 0 Å². The van der Waals surface area contributed by atoms with Crippen LogP contribution in [-0.2, 0) is 8.85 Å². The van der Waals surface area contributed by atoms with Crippen LogP contribution in [0.25, 0.3) is 0 Å². The smallest absolute Gasteiger partial charge is 0.329 e. The number of halogens is 1. The fourth-order valence-corrected chi connectivity index (χ4v) is 4.59. The highest BCUT2D eigenvalue weighted by atomic mass is 35.5. The largest absolute Gasteiger partial charge is 0.396 e. The predicted molar refractivity (Wildman–Crippen MR) is 84.1 cm³/mol. The lowest BCUT2D eigenvalue weighted by Crippen LogP contribution is -2.32. The molecule has 0 bridgehead atoms. The highest BCUT2D eigenvalue weighted by Crippen LogP contribution is 2.25. The predicted octanol–water partition coefficient (Wildman–Crippen LogP) is 4.45. The zero-order chi connectivity index (χ0) is 14.1.